The minimum absolute atomic E-state index is 0.0491. The summed E-state index contributed by atoms with van der Waals surface area (Å²) < 4.78 is 5.65. The Morgan fingerprint density at radius 2 is 2.05 bits per heavy atom. The largest absolute Gasteiger partial charge is 0.481 e. The van der Waals surface area contributed by atoms with E-state index in [0.717, 1.165) is 12.2 Å². The number of carbonyl (C=O) groups excluding carboxylic acids is 1. The lowest BCUT2D eigenvalue weighted by Gasteiger charge is -2.16. The molecule has 2 rings (SSSR count). The molecule has 1 atom stereocenters. The topological polar surface area (TPSA) is 38.3 Å². The Bertz CT molecular complexity index is 490. The van der Waals surface area contributed by atoms with Crippen LogP contribution < -0.4 is 10.1 Å². The van der Waals surface area contributed by atoms with Crippen LogP contribution >= 0.6 is 0 Å². The molecule has 1 aliphatic rings. The van der Waals surface area contributed by atoms with Gasteiger partial charge in [-0.25, -0.2) is 0 Å². The zero-order valence-electron chi connectivity index (χ0n) is 13.0. The van der Waals surface area contributed by atoms with Crippen molar-refractivity contribution in [2.75, 3.05) is 6.54 Å². The van der Waals surface area contributed by atoms with Gasteiger partial charge < -0.3 is 10.1 Å². The fraction of sp³-hybridized carbons (Fsp3) is 0.500. The Morgan fingerprint density at radius 1 is 1.29 bits per heavy atom. The first-order valence-electron chi connectivity index (χ1n) is 7.84. The van der Waals surface area contributed by atoms with Crippen molar-refractivity contribution < 1.29 is 9.53 Å². The number of rotatable bonds is 6. The smallest absolute Gasteiger partial charge is 0.260 e. The molecule has 1 aromatic carbocycles. The number of ether oxygens (including phenoxy) is 1. The predicted molar refractivity (Wildman–Crippen MR) is 85.4 cm³/mol. The van der Waals surface area contributed by atoms with Gasteiger partial charge in [-0.2, -0.15) is 0 Å². The number of carbonyl (C=O) groups is 1. The number of allylic oxidation sites excluding steroid dienone is 1. The van der Waals surface area contributed by atoms with Crippen molar-refractivity contribution in [3.63, 3.8) is 0 Å². The van der Waals surface area contributed by atoms with E-state index in [1.165, 1.54) is 36.8 Å². The zero-order valence-corrected chi connectivity index (χ0v) is 13.0. The van der Waals surface area contributed by atoms with Gasteiger partial charge in [0.2, 0.25) is 0 Å². The normalized spacial score (nSPS) is 16.0. The number of hydrogen-bond acceptors (Lipinski definition) is 2. The minimum Gasteiger partial charge on any atom is -0.481 e. The standard InChI is InChI=1S/C18H25NO2/c1-14-8-10-17(11-9-14)21-15(2)18(20)19-13-12-16-6-4-3-5-7-16/h6,8-11,15H,3-5,7,12-13H2,1-2H3,(H,19,20)/t15-/m0/s1. The van der Waals surface area contributed by atoms with E-state index < -0.39 is 6.10 Å². The second-order valence-corrected chi connectivity index (χ2v) is 5.72. The van der Waals surface area contributed by atoms with Crippen molar-refractivity contribution in [2.45, 2.75) is 52.1 Å². The van der Waals surface area contributed by atoms with Crippen LogP contribution in [0.4, 0.5) is 0 Å². The Balaban J connectivity index is 1.72. The number of amides is 1. The molecule has 0 spiro atoms. The van der Waals surface area contributed by atoms with E-state index in [0.29, 0.717) is 6.54 Å². The van der Waals surface area contributed by atoms with Crippen LogP contribution in [0.25, 0.3) is 0 Å². The Kier molecular flexibility index (Phi) is 5.85. The van der Waals surface area contributed by atoms with Crippen LogP contribution in [0.3, 0.4) is 0 Å². The maximum Gasteiger partial charge on any atom is 0.260 e. The van der Waals surface area contributed by atoms with E-state index in [1.54, 1.807) is 6.92 Å². The average Bonchev–Trinajstić information content (AvgIpc) is 2.50. The van der Waals surface area contributed by atoms with Crippen molar-refractivity contribution in [1.82, 2.24) is 5.32 Å². The van der Waals surface area contributed by atoms with Gasteiger partial charge in [0.15, 0.2) is 6.10 Å². The number of aryl methyl sites for hydroxylation is 1. The Morgan fingerprint density at radius 3 is 2.71 bits per heavy atom. The highest BCUT2D eigenvalue weighted by Crippen LogP contribution is 2.19. The molecular weight excluding hydrogens is 262 g/mol. The number of benzene rings is 1. The SMILES string of the molecule is Cc1ccc(O[C@@H](C)C(=O)NCCC2=CCCCC2)cc1. The summed E-state index contributed by atoms with van der Waals surface area (Å²) in [5.41, 5.74) is 2.66. The second kappa shape index (κ2) is 7.87. The fourth-order valence-electron chi connectivity index (χ4n) is 2.50. The minimum atomic E-state index is -0.465. The molecule has 0 bridgehead atoms. The molecule has 114 valence electrons. The van der Waals surface area contributed by atoms with Crippen LogP contribution in [0.2, 0.25) is 0 Å². The van der Waals surface area contributed by atoms with Gasteiger partial charge in [0.1, 0.15) is 5.75 Å². The third-order valence-electron chi connectivity index (χ3n) is 3.83. The third-order valence-corrected chi connectivity index (χ3v) is 3.83. The van der Waals surface area contributed by atoms with Crippen LogP contribution in [0, 0.1) is 6.92 Å². The molecule has 0 fully saturated rings. The molecule has 0 heterocycles. The van der Waals surface area contributed by atoms with E-state index in [2.05, 4.69) is 11.4 Å². The van der Waals surface area contributed by atoms with E-state index >= 15 is 0 Å². The molecule has 0 saturated carbocycles. The van der Waals surface area contributed by atoms with Gasteiger partial charge in [-0.15, -0.1) is 0 Å². The van der Waals surface area contributed by atoms with Crippen molar-refractivity contribution in [3.05, 3.63) is 41.5 Å². The average molecular weight is 287 g/mol. The molecule has 0 unspecified atom stereocenters. The van der Waals surface area contributed by atoms with Gasteiger partial charge in [-0.1, -0.05) is 29.3 Å². The van der Waals surface area contributed by atoms with Crippen molar-refractivity contribution in [1.29, 1.82) is 0 Å². The van der Waals surface area contributed by atoms with E-state index in [4.69, 9.17) is 4.74 Å². The summed E-state index contributed by atoms with van der Waals surface area (Å²) >= 11 is 0. The van der Waals surface area contributed by atoms with Gasteiger partial charge in [0.05, 0.1) is 0 Å². The number of nitrogens with one attached hydrogen (secondary N) is 1. The molecule has 0 aromatic heterocycles. The molecule has 1 amide bonds. The first-order chi connectivity index (χ1) is 10.1. The summed E-state index contributed by atoms with van der Waals surface area (Å²) in [6.07, 6.45) is 7.78. The molecule has 1 aromatic rings. The highest BCUT2D eigenvalue weighted by atomic mass is 16.5. The van der Waals surface area contributed by atoms with E-state index in [-0.39, 0.29) is 5.91 Å². The fourth-order valence-corrected chi connectivity index (χ4v) is 2.50. The summed E-state index contributed by atoms with van der Waals surface area (Å²) in [5, 5.41) is 2.96. The third kappa shape index (κ3) is 5.25. The molecule has 0 aliphatic heterocycles. The van der Waals surface area contributed by atoms with Gasteiger partial charge >= 0.3 is 0 Å². The molecular formula is C18H25NO2. The van der Waals surface area contributed by atoms with Crippen molar-refractivity contribution in [2.24, 2.45) is 0 Å². The van der Waals surface area contributed by atoms with Crippen molar-refractivity contribution in [3.8, 4) is 5.75 Å². The summed E-state index contributed by atoms with van der Waals surface area (Å²) in [7, 11) is 0. The molecule has 0 saturated heterocycles. The Hall–Kier alpha value is -1.77. The number of hydrogen-bond donors (Lipinski definition) is 1. The lowest BCUT2D eigenvalue weighted by Crippen LogP contribution is -2.36. The van der Waals surface area contributed by atoms with Gasteiger partial charge in [-0.05, 0) is 58.1 Å². The maximum atomic E-state index is 12.0. The quantitative estimate of drug-likeness (QED) is 0.809. The zero-order chi connectivity index (χ0) is 15.1. The highest BCUT2D eigenvalue weighted by Gasteiger charge is 2.14. The monoisotopic (exact) mass is 287 g/mol. The maximum absolute atomic E-state index is 12.0. The molecule has 1 aliphatic carbocycles. The highest BCUT2D eigenvalue weighted by molar-refractivity contribution is 5.80. The molecule has 3 heteroatoms. The van der Waals surface area contributed by atoms with E-state index in [9.17, 15) is 4.79 Å². The molecule has 21 heavy (non-hydrogen) atoms. The predicted octanol–water partition coefficient (Wildman–Crippen LogP) is 3.77. The van der Waals surface area contributed by atoms with Crippen LogP contribution in [0.1, 0.15) is 44.6 Å². The first kappa shape index (κ1) is 15.6. The summed E-state index contributed by atoms with van der Waals surface area (Å²) in [6.45, 7) is 4.52. The van der Waals surface area contributed by atoms with Crippen LogP contribution in [0.5, 0.6) is 5.75 Å². The van der Waals surface area contributed by atoms with Crippen LogP contribution in [-0.2, 0) is 4.79 Å². The lowest BCUT2D eigenvalue weighted by atomic mass is 9.97. The summed E-state index contributed by atoms with van der Waals surface area (Å²) in [5.74, 6) is 0.685. The first-order valence-corrected chi connectivity index (χ1v) is 7.84. The van der Waals surface area contributed by atoms with E-state index in [1.807, 2.05) is 31.2 Å². The van der Waals surface area contributed by atoms with Gasteiger partial charge in [0, 0.05) is 6.54 Å². The summed E-state index contributed by atoms with van der Waals surface area (Å²) in [6, 6.07) is 7.75. The van der Waals surface area contributed by atoms with Crippen molar-refractivity contribution >= 4 is 5.91 Å². The summed E-state index contributed by atoms with van der Waals surface area (Å²) in [4.78, 5) is 12.0. The van der Waals surface area contributed by atoms with Crippen LogP contribution in [0.15, 0.2) is 35.9 Å². The Labute approximate surface area is 127 Å². The molecule has 1 N–H and O–H groups in total. The molecule has 0 radical (unpaired) electrons. The lowest BCUT2D eigenvalue weighted by molar-refractivity contribution is -0.127. The van der Waals surface area contributed by atoms with Gasteiger partial charge in [-0.3, -0.25) is 4.79 Å². The molecule has 3 nitrogen and oxygen atoms in total. The second-order valence-electron chi connectivity index (χ2n) is 5.72. The van der Waals surface area contributed by atoms with Crippen LogP contribution in [-0.4, -0.2) is 18.6 Å². The van der Waals surface area contributed by atoms with Gasteiger partial charge in [0.25, 0.3) is 5.91 Å².